The van der Waals surface area contributed by atoms with Crippen LogP contribution in [-0.4, -0.2) is 23.3 Å². The lowest BCUT2D eigenvalue weighted by Crippen LogP contribution is -2.14. The minimum absolute atomic E-state index is 0.127. The van der Waals surface area contributed by atoms with Crippen LogP contribution in [0.3, 0.4) is 0 Å². The predicted octanol–water partition coefficient (Wildman–Crippen LogP) is 4.13. The SMILES string of the molecule is O=C(Nc1ccccc1I)c1cn(S(=O)(=O)c2ccccc2)c2ncccc12. The van der Waals surface area contributed by atoms with Crippen LogP contribution in [0.1, 0.15) is 10.4 Å². The van der Waals surface area contributed by atoms with Crippen molar-refractivity contribution in [1.82, 2.24) is 8.96 Å². The number of nitrogens with zero attached hydrogens (tertiary/aromatic N) is 2. The molecule has 8 heteroatoms. The van der Waals surface area contributed by atoms with Gasteiger partial charge in [-0.25, -0.2) is 17.4 Å². The van der Waals surface area contributed by atoms with Gasteiger partial charge in [0.1, 0.15) is 0 Å². The Morgan fingerprint density at radius 2 is 1.68 bits per heavy atom. The van der Waals surface area contributed by atoms with Crippen LogP contribution < -0.4 is 5.32 Å². The van der Waals surface area contributed by atoms with Crippen LogP contribution in [0.4, 0.5) is 5.69 Å². The van der Waals surface area contributed by atoms with Gasteiger partial charge in [0.05, 0.1) is 16.1 Å². The maximum absolute atomic E-state index is 13.1. The van der Waals surface area contributed by atoms with Gasteiger partial charge in [-0.05, 0) is 59.0 Å². The number of hydrogen-bond donors (Lipinski definition) is 1. The van der Waals surface area contributed by atoms with E-state index in [0.29, 0.717) is 11.1 Å². The summed E-state index contributed by atoms with van der Waals surface area (Å²) in [5, 5.41) is 3.30. The Bertz CT molecular complexity index is 1280. The van der Waals surface area contributed by atoms with E-state index in [1.54, 1.807) is 36.4 Å². The number of carbonyl (C=O) groups excluding carboxylic acids is 1. The number of carbonyl (C=O) groups is 1. The fourth-order valence-corrected chi connectivity index (χ4v) is 4.72. The monoisotopic (exact) mass is 503 g/mol. The van der Waals surface area contributed by atoms with E-state index < -0.39 is 15.9 Å². The molecule has 0 aliphatic heterocycles. The number of anilines is 1. The Morgan fingerprint density at radius 1 is 0.964 bits per heavy atom. The average Bonchev–Trinajstić information content (AvgIpc) is 3.11. The van der Waals surface area contributed by atoms with Gasteiger partial charge < -0.3 is 5.32 Å². The lowest BCUT2D eigenvalue weighted by atomic mass is 10.2. The molecule has 1 amide bonds. The molecule has 0 saturated heterocycles. The van der Waals surface area contributed by atoms with Crippen molar-refractivity contribution < 1.29 is 13.2 Å². The number of aromatic nitrogens is 2. The number of rotatable bonds is 4. The van der Waals surface area contributed by atoms with Crippen molar-refractivity contribution in [3.63, 3.8) is 0 Å². The summed E-state index contributed by atoms with van der Waals surface area (Å²) in [4.78, 5) is 17.2. The standard InChI is InChI=1S/C20H14IN3O3S/c21-17-10-4-5-11-18(17)23-20(25)16-13-24(19-15(16)9-6-12-22-19)28(26,27)14-7-2-1-3-8-14/h1-13H,(H,23,25). The number of benzene rings is 2. The molecule has 0 unspecified atom stereocenters. The fraction of sp³-hybridized carbons (Fsp3) is 0. The quantitative estimate of drug-likeness (QED) is 0.425. The van der Waals surface area contributed by atoms with Crippen LogP contribution >= 0.6 is 22.6 Å². The molecule has 6 nitrogen and oxygen atoms in total. The highest BCUT2D eigenvalue weighted by Crippen LogP contribution is 2.26. The summed E-state index contributed by atoms with van der Waals surface area (Å²) in [5.41, 5.74) is 1.10. The van der Waals surface area contributed by atoms with Gasteiger partial charge in [0.2, 0.25) is 0 Å². The van der Waals surface area contributed by atoms with E-state index in [0.717, 1.165) is 7.54 Å². The zero-order valence-electron chi connectivity index (χ0n) is 14.4. The summed E-state index contributed by atoms with van der Waals surface area (Å²) in [5.74, 6) is -0.399. The van der Waals surface area contributed by atoms with Gasteiger partial charge in [-0.2, -0.15) is 0 Å². The van der Waals surface area contributed by atoms with Crippen molar-refractivity contribution in [3.05, 3.63) is 88.3 Å². The van der Waals surface area contributed by atoms with E-state index in [4.69, 9.17) is 0 Å². The van der Waals surface area contributed by atoms with E-state index in [1.807, 2.05) is 18.2 Å². The summed E-state index contributed by atoms with van der Waals surface area (Å²) in [7, 11) is -3.89. The maximum atomic E-state index is 13.1. The second-order valence-electron chi connectivity index (χ2n) is 5.97. The van der Waals surface area contributed by atoms with Crippen LogP contribution in [0, 0.1) is 3.57 Å². The number of para-hydroxylation sites is 1. The van der Waals surface area contributed by atoms with Crippen molar-refractivity contribution in [2.75, 3.05) is 5.32 Å². The van der Waals surface area contributed by atoms with Crippen LogP contribution in [0.25, 0.3) is 11.0 Å². The molecule has 4 rings (SSSR count). The zero-order chi connectivity index (χ0) is 19.7. The molecule has 0 fully saturated rings. The second kappa shape index (κ2) is 7.36. The third-order valence-electron chi connectivity index (χ3n) is 4.20. The lowest BCUT2D eigenvalue weighted by molar-refractivity contribution is 0.102. The smallest absolute Gasteiger partial charge is 0.269 e. The summed E-state index contributed by atoms with van der Waals surface area (Å²) < 4.78 is 28.1. The molecule has 2 heterocycles. The van der Waals surface area contributed by atoms with Crippen molar-refractivity contribution in [2.45, 2.75) is 4.90 Å². The minimum atomic E-state index is -3.89. The average molecular weight is 503 g/mol. The molecule has 0 aliphatic carbocycles. The molecule has 2 aromatic heterocycles. The van der Waals surface area contributed by atoms with E-state index in [1.165, 1.54) is 24.5 Å². The largest absolute Gasteiger partial charge is 0.321 e. The third-order valence-corrected chi connectivity index (χ3v) is 6.80. The Labute approximate surface area is 175 Å². The normalized spacial score (nSPS) is 11.5. The van der Waals surface area contributed by atoms with Gasteiger partial charge in [0, 0.05) is 21.4 Å². The number of hydrogen-bond acceptors (Lipinski definition) is 4. The summed E-state index contributed by atoms with van der Waals surface area (Å²) >= 11 is 2.13. The molecule has 28 heavy (non-hydrogen) atoms. The van der Waals surface area contributed by atoms with Gasteiger partial charge in [0.15, 0.2) is 5.65 Å². The predicted molar refractivity (Wildman–Crippen MR) is 116 cm³/mol. The maximum Gasteiger partial charge on any atom is 0.269 e. The van der Waals surface area contributed by atoms with Crippen LogP contribution in [0.5, 0.6) is 0 Å². The van der Waals surface area contributed by atoms with Crippen LogP contribution in [0.15, 0.2) is 84.0 Å². The molecule has 1 N–H and O–H groups in total. The van der Waals surface area contributed by atoms with Gasteiger partial charge in [-0.15, -0.1) is 0 Å². The van der Waals surface area contributed by atoms with E-state index in [2.05, 4.69) is 32.9 Å². The fourth-order valence-electron chi connectivity index (χ4n) is 2.85. The third kappa shape index (κ3) is 3.29. The molecular weight excluding hydrogens is 489 g/mol. The molecule has 0 atom stereocenters. The Kier molecular flexibility index (Phi) is 4.90. The first-order valence-corrected chi connectivity index (χ1v) is 10.8. The number of fused-ring (bicyclic) bond motifs is 1. The van der Waals surface area contributed by atoms with Crippen molar-refractivity contribution in [3.8, 4) is 0 Å². The first-order valence-electron chi connectivity index (χ1n) is 8.31. The molecule has 0 spiro atoms. The molecule has 0 aliphatic rings. The Balaban J connectivity index is 1.84. The Morgan fingerprint density at radius 3 is 2.43 bits per heavy atom. The lowest BCUT2D eigenvalue weighted by Gasteiger charge is -2.06. The number of nitrogens with one attached hydrogen (secondary N) is 1. The molecule has 0 saturated carbocycles. The Hall–Kier alpha value is -2.72. The van der Waals surface area contributed by atoms with Crippen molar-refractivity contribution >= 4 is 55.2 Å². The topological polar surface area (TPSA) is 81.1 Å². The van der Waals surface area contributed by atoms with E-state index >= 15 is 0 Å². The summed E-state index contributed by atoms with van der Waals surface area (Å²) in [6.45, 7) is 0. The molecule has 0 bridgehead atoms. The van der Waals surface area contributed by atoms with Crippen molar-refractivity contribution in [1.29, 1.82) is 0 Å². The van der Waals surface area contributed by atoms with E-state index in [-0.39, 0.29) is 16.1 Å². The highest BCUT2D eigenvalue weighted by atomic mass is 127. The molecular formula is C20H14IN3O3S. The zero-order valence-corrected chi connectivity index (χ0v) is 17.4. The molecule has 4 aromatic rings. The first-order chi connectivity index (χ1) is 13.5. The number of halogens is 1. The number of amides is 1. The van der Waals surface area contributed by atoms with Crippen molar-refractivity contribution in [2.24, 2.45) is 0 Å². The van der Waals surface area contributed by atoms with Gasteiger partial charge in [-0.1, -0.05) is 30.3 Å². The van der Waals surface area contributed by atoms with Gasteiger partial charge >= 0.3 is 0 Å². The summed E-state index contributed by atoms with van der Waals surface area (Å²) in [6, 6.07) is 18.8. The van der Waals surface area contributed by atoms with Gasteiger partial charge in [0.25, 0.3) is 15.9 Å². The summed E-state index contributed by atoms with van der Waals surface area (Å²) in [6.07, 6.45) is 2.83. The highest BCUT2D eigenvalue weighted by Gasteiger charge is 2.24. The second-order valence-corrected chi connectivity index (χ2v) is 8.94. The minimum Gasteiger partial charge on any atom is -0.321 e. The first kappa shape index (κ1) is 18.6. The van der Waals surface area contributed by atoms with E-state index in [9.17, 15) is 13.2 Å². The highest BCUT2D eigenvalue weighted by molar-refractivity contribution is 14.1. The van der Waals surface area contributed by atoms with Crippen LogP contribution in [0.2, 0.25) is 0 Å². The molecule has 0 radical (unpaired) electrons. The van der Waals surface area contributed by atoms with Crippen LogP contribution in [-0.2, 0) is 10.0 Å². The molecule has 140 valence electrons. The number of pyridine rings is 1. The molecule has 2 aromatic carbocycles. The van der Waals surface area contributed by atoms with Gasteiger partial charge in [-0.3, -0.25) is 4.79 Å².